The third-order valence-corrected chi connectivity index (χ3v) is 6.66. The Morgan fingerprint density at radius 3 is 2.55 bits per heavy atom. The zero-order chi connectivity index (χ0) is 27.8. The largest absolute Gasteiger partial charge is 0.481 e. The van der Waals surface area contributed by atoms with E-state index < -0.39 is 60.6 Å². The second kappa shape index (κ2) is 10.4. The van der Waals surface area contributed by atoms with Gasteiger partial charge in [0, 0.05) is 37.1 Å². The molecule has 2 aliphatic rings. The summed E-state index contributed by atoms with van der Waals surface area (Å²) in [6.07, 6.45) is -4.19. The highest BCUT2D eigenvalue weighted by Crippen LogP contribution is 2.33. The highest BCUT2D eigenvalue weighted by Gasteiger charge is 2.38. The summed E-state index contributed by atoms with van der Waals surface area (Å²) in [5.74, 6) is -3.42. The predicted molar refractivity (Wildman–Crippen MR) is 124 cm³/mol. The number of nitrogens with zero attached hydrogens (tertiary/aromatic N) is 4. The average Bonchev–Trinajstić information content (AvgIpc) is 3.44. The molecule has 0 spiro atoms. The topological polar surface area (TPSA) is 125 Å². The van der Waals surface area contributed by atoms with E-state index in [-0.39, 0.29) is 25.3 Å². The van der Waals surface area contributed by atoms with Gasteiger partial charge in [0.05, 0.1) is 13.0 Å². The number of carboxylic acid groups (broad SMARTS) is 1. The summed E-state index contributed by atoms with van der Waals surface area (Å²) in [6.45, 7) is 1.11. The maximum absolute atomic E-state index is 13.1. The Hall–Kier alpha value is -3.97. The van der Waals surface area contributed by atoms with E-state index in [1.165, 1.54) is 9.47 Å². The number of ketones is 1. The molecule has 2 aromatic rings. The maximum atomic E-state index is 13.1. The van der Waals surface area contributed by atoms with Crippen molar-refractivity contribution in [1.82, 2.24) is 19.8 Å². The average molecular weight is 539 g/mol. The smallest absolute Gasteiger partial charge is 0.434 e. The lowest BCUT2D eigenvalue weighted by molar-refractivity contribution is -0.141. The van der Waals surface area contributed by atoms with Crippen LogP contribution in [0.3, 0.4) is 0 Å². The highest BCUT2D eigenvalue weighted by molar-refractivity contribution is 6.02. The van der Waals surface area contributed by atoms with Crippen molar-refractivity contribution in [2.45, 2.75) is 57.7 Å². The van der Waals surface area contributed by atoms with Crippen LogP contribution in [0.1, 0.15) is 47.2 Å². The second-order valence-corrected chi connectivity index (χ2v) is 9.11. The fourth-order valence-corrected chi connectivity index (χ4v) is 4.72. The number of imidazole rings is 1. The van der Waals surface area contributed by atoms with Gasteiger partial charge in [0.25, 0.3) is 5.91 Å². The molecule has 0 radical (unpaired) electrons. The van der Waals surface area contributed by atoms with Crippen LogP contribution in [0.2, 0.25) is 0 Å². The van der Waals surface area contributed by atoms with Gasteiger partial charge in [-0.3, -0.25) is 19.2 Å². The standard InChI is InChI=1S/C24H25F4N5O5/c1-2-17(22(37)29-16(8-21(35)36)18(34)9-25)33-10-13-7-14(3-4-15(13)23(33)38)31-5-6-32-11-19(24(26,27)28)30-20(32)12-31/h3-4,7,11,16-17H,2,5-6,8-10,12H2,1H3,(H,29,37)(H,35,36)/t16?,17-/m0/s1. The first-order chi connectivity index (χ1) is 17.9. The zero-order valence-electron chi connectivity index (χ0n) is 20.3. The van der Waals surface area contributed by atoms with Crippen molar-refractivity contribution in [3.63, 3.8) is 0 Å². The van der Waals surface area contributed by atoms with Crippen molar-refractivity contribution in [2.24, 2.45) is 0 Å². The van der Waals surface area contributed by atoms with Gasteiger partial charge >= 0.3 is 12.1 Å². The molecule has 3 heterocycles. The lowest BCUT2D eigenvalue weighted by Gasteiger charge is -2.29. The number of aromatic nitrogens is 2. The van der Waals surface area contributed by atoms with Crippen molar-refractivity contribution in [3.8, 4) is 0 Å². The van der Waals surface area contributed by atoms with Crippen molar-refractivity contribution in [1.29, 1.82) is 0 Å². The number of nitrogens with one attached hydrogen (secondary N) is 1. The molecule has 2 amide bonds. The zero-order valence-corrected chi connectivity index (χ0v) is 20.3. The molecular formula is C24H25F4N5O5. The number of Topliss-reactive ketones (excluding diaryl/α,β-unsaturated/α-hetero) is 1. The monoisotopic (exact) mass is 539 g/mol. The molecule has 14 heteroatoms. The van der Waals surface area contributed by atoms with Gasteiger partial charge in [-0.2, -0.15) is 13.2 Å². The SMILES string of the molecule is CC[C@@H](C(=O)NC(CC(=O)O)C(=O)CF)N1Cc2cc(N3CCn4cc(C(F)(F)F)nc4C3)ccc2C1=O. The van der Waals surface area contributed by atoms with Crippen LogP contribution in [0.4, 0.5) is 23.2 Å². The number of alkyl halides is 4. The van der Waals surface area contributed by atoms with Gasteiger partial charge in [-0.15, -0.1) is 0 Å². The van der Waals surface area contributed by atoms with Crippen LogP contribution >= 0.6 is 0 Å². The number of benzene rings is 1. The van der Waals surface area contributed by atoms with Gasteiger partial charge in [-0.1, -0.05) is 6.92 Å². The number of aliphatic carboxylic acids is 1. The van der Waals surface area contributed by atoms with Gasteiger partial charge in [0.15, 0.2) is 11.5 Å². The summed E-state index contributed by atoms with van der Waals surface area (Å²) in [7, 11) is 0. The van der Waals surface area contributed by atoms with E-state index in [2.05, 4.69) is 10.3 Å². The minimum Gasteiger partial charge on any atom is -0.481 e. The minimum atomic E-state index is -4.54. The summed E-state index contributed by atoms with van der Waals surface area (Å²) < 4.78 is 53.5. The Labute approximate surface area is 214 Å². The van der Waals surface area contributed by atoms with E-state index in [4.69, 9.17) is 5.11 Å². The van der Waals surface area contributed by atoms with Gasteiger partial charge in [0.1, 0.15) is 24.6 Å². The number of carboxylic acids is 1. The van der Waals surface area contributed by atoms with E-state index in [9.17, 15) is 36.7 Å². The summed E-state index contributed by atoms with van der Waals surface area (Å²) in [4.78, 5) is 55.7. The Morgan fingerprint density at radius 2 is 1.92 bits per heavy atom. The number of hydrogen-bond acceptors (Lipinski definition) is 6. The van der Waals surface area contributed by atoms with Gasteiger partial charge < -0.3 is 24.8 Å². The molecule has 1 unspecified atom stereocenters. The molecule has 10 nitrogen and oxygen atoms in total. The van der Waals surface area contributed by atoms with Crippen molar-refractivity contribution in [2.75, 3.05) is 18.1 Å². The third kappa shape index (κ3) is 5.34. The van der Waals surface area contributed by atoms with Crippen molar-refractivity contribution in [3.05, 3.63) is 47.0 Å². The highest BCUT2D eigenvalue weighted by atomic mass is 19.4. The van der Waals surface area contributed by atoms with E-state index >= 15 is 0 Å². The van der Waals surface area contributed by atoms with E-state index in [0.717, 1.165) is 6.20 Å². The van der Waals surface area contributed by atoms with Gasteiger partial charge in [-0.05, 0) is 30.2 Å². The second-order valence-electron chi connectivity index (χ2n) is 9.11. The first-order valence-corrected chi connectivity index (χ1v) is 11.9. The van der Waals surface area contributed by atoms with Crippen LogP contribution in [-0.4, -0.2) is 68.4 Å². The molecule has 2 aliphatic heterocycles. The lowest BCUT2D eigenvalue weighted by Crippen LogP contribution is -2.52. The molecule has 1 aromatic carbocycles. The third-order valence-electron chi connectivity index (χ3n) is 6.66. The molecule has 2 N–H and O–H groups in total. The number of amides is 2. The van der Waals surface area contributed by atoms with E-state index in [1.54, 1.807) is 25.1 Å². The lowest BCUT2D eigenvalue weighted by atomic mass is 10.1. The molecule has 4 rings (SSSR count). The maximum Gasteiger partial charge on any atom is 0.434 e. The molecule has 0 fully saturated rings. The number of carbonyl (C=O) groups is 4. The summed E-state index contributed by atoms with van der Waals surface area (Å²) in [5.41, 5.74) is 0.673. The predicted octanol–water partition coefficient (Wildman–Crippen LogP) is 2.15. The van der Waals surface area contributed by atoms with Crippen LogP contribution in [-0.2, 0) is 40.2 Å². The number of anilines is 1. The number of fused-ring (bicyclic) bond motifs is 2. The van der Waals surface area contributed by atoms with Crippen LogP contribution < -0.4 is 10.2 Å². The normalized spacial score (nSPS) is 16.6. The van der Waals surface area contributed by atoms with Crippen molar-refractivity contribution < 1.29 is 41.8 Å². The molecule has 0 bridgehead atoms. The molecule has 0 saturated heterocycles. The molecule has 0 aliphatic carbocycles. The molecular weight excluding hydrogens is 514 g/mol. The Bertz CT molecular complexity index is 1280. The molecule has 0 saturated carbocycles. The summed E-state index contributed by atoms with van der Waals surface area (Å²) >= 11 is 0. The molecule has 2 atom stereocenters. The van der Waals surface area contributed by atoms with Crippen LogP contribution in [0, 0.1) is 0 Å². The number of halogens is 4. The fourth-order valence-electron chi connectivity index (χ4n) is 4.72. The van der Waals surface area contributed by atoms with Crippen molar-refractivity contribution >= 4 is 29.3 Å². The number of carbonyl (C=O) groups excluding carboxylic acids is 3. The molecule has 38 heavy (non-hydrogen) atoms. The summed E-state index contributed by atoms with van der Waals surface area (Å²) in [5, 5.41) is 11.2. The summed E-state index contributed by atoms with van der Waals surface area (Å²) in [6, 6.07) is 2.40. The first-order valence-electron chi connectivity index (χ1n) is 11.9. The number of rotatable bonds is 9. The Balaban J connectivity index is 1.49. The van der Waals surface area contributed by atoms with E-state index in [0.29, 0.717) is 29.9 Å². The minimum absolute atomic E-state index is 0.0509. The molecule has 204 valence electrons. The Morgan fingerprint density at radius 1 is 1.18 bits per heavy atom. The van der Waals surface area contributed by atoms with E-state index in [1.807, 2.05) is 4.90 Å². The molecule has 1 aromatic heterocycles. The number of hydrogen-bond donors (Lipinski definition) is 2. The quantitative estimate of drug-likeness (QED) is 0.468. The van der Waals surface area contributed by atoms with Crippen LogP contribution in [0.25, 0.3) is 0 Å². The first kappa shape index (κ1) is 27.1. The van der Waals surface area contributed by atoms with Crippen LogP contribution in [0.5, 0.6) is 0 Å². The Kier molecular flexibility index (Phi) is 7.42. The van der Waals surface area contributed by atoms with Crippen LogP contribution in [0.15, 0.2) is 24.4 Å². The van der Waals surface area contributed by atoms with Gasteiger partial charge in [0.2, 0.25) is 5.91 Å². The van der Waals surface area contributed by atoms with Gasteiger partial charge in [-0.25, -0.2) is 9.37 Å². The fraction of sp³-hybridized carbons (Fsp3) is 0.458.